The number of hydrogen-bond acceptors (Lipinski definition) is 4. The molecule has 0 aliphatic rings. The number of benzene rings is 1. The van der Waals surface area contributed by atoms with Gasteiger partial charge in [0.2, 0.25) is 0 Å². The predicted octanol–water partition coefficient (Wildman–Crippen LogP) is 3.32. The molecule has 4 heteroatoms. The number of aryl methyl sites for hydroxylation is 1. The average molecular weight is 244 g/mol. The molecule has 0 bridgehead atoms. The fraction of sp³-hybridized carbons (Fsp3) is 0.154. The molecule has 0 unspecified atom stereocenters. The van der Waals surface area contributed by atoms with Crippen LogP contribution in [0.1, 0.15) is 10.6 Å². The second-order valence-electron chi connectivity index (χ2n) is 3.88. The molecule has 0 aliphatic heterocycles. The van der Waals surface area contributed by atoms with Crippen LogP contribution in [-0.2, 0) is 6.54 Å². The van der Waals surface area contributed by atoms with Crippen LogP contribution < -0.4 is 5.73 Å². The molecule has 2 N–H and O–H groups in total. The van der Waals surface area contributed by atoms with Crippen molar-refractivity contribution < 1.29 is 4.42 Å². The van der Waals surface area contributed by atoms with Crippen LogP contribution >= 0.6 is 11.3 Å². The van der Waals surface area contributed by atoms with Crippen LogP contribution in [0.5, 0.6) is 0 Å². The summed E-state index contributed by atoms with van der Waals surface area (Å²) in [6.07, 6.45) is 1.77. The molecule has 0 aliphatic carbocycles. The molecule has 0 radical (unpaired) electrons. The highest BCUT2D eigenvalue weighted by molar-refractivity contribution is 7.15. The molecule has 3 nitrogen and oxygen atoms in total. The van der Waals surface area contributed by atoms with E-state index in [0.717, 1.165) is 32.1 Å². The fourth-order valence-corrected chi connectivity index (χ4v) is 2.84. The zero-order chi connectivity index (χ0) is 11.8. The number of furan rings is 1. The lowest BCUT2D eigenvalue weighted by Crippen LogP contribution is -1.94. The Bertz CT molecular complexity index is 669. The van der Waals surface area contributed by atoms with Gasteiger partial charge in [0.25, 0.3) is 0 Å². The maximum atomic E-state index is 5.68. The van der Waals surface area contributed by atoms with Gasteiger partial charge in [0, 0.05) is 16.8 Å². The fourth-order valence-electron chi connectivity index (χ4n) is 1.88. The number of nitrogens with two attached hydrogens (primary N) is 1. The van der Waals surface area contributed by atoms with E-state index in [9.17, 15) is 0 Å². The van der Waals surface area contributed by atoms with Gasteiger partial charge in [-0.05, 0) is 13.0 Å². The standard InChI is InChI=1S/C13H12N2OS/c1-8-12(6-14)17-13(15-8)10-7-16-11-5-3-2-4-9(10)11/h2-5,7H,6,14H2,1H3. The summed E-state index contributed by atoms with van der Waals surface area (Å²) in [6.45, 7) is 2.53. The first-order valence-electron chi connectivity index (χ1n) is 5.42. The maximum absolute atomic E-state index is 5.68. The number of aromatic nitrogens is 1. The molecule has 0 atom stereocenters. The van der Waals surface area contributed by atoms with Crippen LogP contribution in [0.4, 0.5) is 0 Å². The monoisotopic (exact) mass is 244 g/mol. The van der Waals surface area contributed by atoms with Crippen molar-refractivity contribution in [3.8, 4) is 10.6 Å². The van der Waals surface area contributed by atoms with Crippen LogP contribution in [0.2, 0.25) is 0 Å². The molecule has 1 aromatic carbocycles. The summed E-state index contributed by atoms with van der Waals surface area (Å²) in [4.78, 5) is 5.68. The van der Waals surface area contributed by atoms with Crippen LogP contribution in [0, 0.1) is 6.92 Å². The summed E-state index contributed by atoms with van der Waals surface area (Å²) in [6, 6.07) is 7.98. The molecule has 0 amide bonds. The lowest BCUT2D eigenvalue weighted by molar-refractivity contribution is 0.617. The van der Waals surface area contributed by atoms with Crippen LogP contribution in [-0.4, -0.2) is 4.98 Å². The second-order valence-corrected chi connectivity index (χ2v) is 4.96. The van der Waals surface area contributed by atoms with E-state index in [-0.39, 0.29) is 0 Å². The van der Waals surface area contributed by atoms with Crippen molar-refractivity contribution in [1.82, 2.24) is 4.98 Å². The van der Waals surface area contributed by atoms with E-state index in [0.29, 0.717) is 6.54 Å². The van der Waals surface area contributed by atoms with Gasteiger partial charge >= 0.3 is 0 Å². The molecule has 0 saturated heterocycles. The zero-order valence-corrected chi connectivity index (χ0v) is 10.3. The van der Waals surface area contributed by atoms with E-state index >= 15 is 0 Å². The Balaban J connectivity index is 2.20. The summed E-state index contributed by atoms with van der Waals surface area (Å²) < 4.78 is 5.52. The van der Waals surface area contributed by atoms with E-state index in [2.05, 4.69) is 4.98 Å². The topological polar surface area (TPSA) is 52.0 Å². The van der Waals surface area contributed by atoms with Crippen LogP contribution in [0.3, 0.4) is 0 Å². The molecule has 0 fully saturated rings. The van der Waals surface area contributed by atoms with Crippen molar-refractivity contribution in [1.29, 1.82) is 0 Å². The van der Waals surface area contributed by atoms with E-state index in [1.165, 1.54) is 0 Å². The van der Waals surface area contributed by atoms with E-state index in [4.69, 9.17) is 10.2 Å². The van der Waals surface area contributed by atoms with Crippen molar-refractivity contribution in [3.05, 3.63) is 41.1 Å². The van der Waals surface area contributed by atoms with Gasteiger partial charge in [0.15, 0.2) is 0 Å². The second kappa shape index (κ2) is 3.98. The maximum Gasteiger partial charge on any atom is 0.134 e. The van der Waals surface area contributed by atoms with E-state index < -0.39 is 0 Å². The highest BCUT2D eigenvalue weighted by Crippen LogP contribution is 2.34. The van der Waals surface area contributed by atoms with Gasteiger partial charge < -0.3 is 10.2 Å². The lowest BCUT2D eigenvalue weighted by Gasteiger charge is -1.90. The van der Waals surface area contributed by atoms with Gasteiger partial charge in [-0.15, -0.1) is 11.3 Å². The molecule has 86 valence electrons. The third-order valence-electron chi connectivity index (χ3n) is 2.79. The summed E-state index contributed by atoms with van der Waals surface area (Å²) in [5, 5.41) is 2.08. The van der Waals surface area contributed by atoms with Gasteiger partial charge in [0.1, 0.15) is 16.9 Å². The summed E-state index contributed by atoms with van der Waals surface area (Å²) in [5.74, 6) is 0. The number of thiazole rings is 1. The van der Waals surface area contributed by atoms with E-state index in [1.807, 2.05) is 31.2 Å². The molecular weight excluding hydrogens is 232 g/mol. The predicted molar refractivity (Wildman–Crippen MR) is 70.0 cm³/mol. The molecule has 17 heavy (non-hydrogen) atoms. The third-order valence-corrected chi connectivity index (χ3v) is 4.00. The van der Waals surface area contributed by atoms with Gasteiger partial charge in [-0.2, -0.15) is 0 Å². The third kappa shape index (κ3) is 1.66. The summed E-state index contributed by atoms with van der Waals surface area (Å²) >= 11 is 1.64. The van der Waals surface area contributed by atoms with Crippen molar-refractivity contribution in [2.45, 2.75) is 13.5 Å². The molecule has 3 rings (SSSR count). The Kier molecular flexibility index (Phi) is 2.46. The first kappa shape index (κ1) is 10.5. The van der Waals surface area contributed by atoms with Crippen molar-refractivity contribution in [3.63, 3.8) is 0 Å². The molecule has 3 aromatic rings. The van der Waals surface area contributed by atoms with Crippen molar-refractivity contribution in [2.24, 2.45) is 5.73 Å². The van der Waals surface area contributed by atoms with Crippen LogP contribution in [0.15, 0.2) is 34.9 Å². The van der Waals surface area contributed by atoms with Crippen LogP contribution in [0.25, 0.3) is 21.5 Å². The highest BCUT2D eigenvalue weighted by Gasteiger charge is 2.13. The minimum Gasteiger partial charge on any atom is -0.464 e. The molecule has 2 aromatic heterocycles. The van der Waals surface area contributed by atoms with Gasteiger partial charge in [-0.3, -0.25) is 0 Å². The van der Waals surface area contributed by atoms with Crippen molar-refractivity contribution >= 4 is 22.3 Å². The Morgan fingerprint density at radius 3 is 2.94 bits per heavy atom. The Hall–Kier alpha value is -1.65. The Labute approximate surface area is 103 Å². The average Bonchev–Trinajstić information content (AvgIpc) is 2.92. The summed E-state index contributed by atoms with van der Waals surface area (Å²) in [7, 11) is 0. The van der Waals surface area contributed by atoms with Gasteiger partial charge in [-0.1, -0.05) is 18.2 Å². The SMILES string of the molecule is Cc1nc(-c2coc3ccccc23)sc1CN. The minimum absolute atomic E-state index is 0.541. The van der Waals surface area contributed by atoms with Gasteiger partial charge in [-0.25, -0.2) is 4.98 Å². The van der Waals surface area contributed by atoms with Gasteiger partial charge in [0.05, 0.1) is 11.3 Å². The molecule has 2 heterocycles. The lowest BCUT2D eigenvalue weighted by atomic mass is 10.2. The normalized spacial score (nSPS) is 11.2. The smallest absolute Gasteiger partial charge is 0.134 e. The highest BCUT2D eigenvalue weighted by atomic mass is 32.1. The number of nitrogens with zero attached hydrogens (tertiary/aromatic N) is 1. The largest absolute Gasteiger partial charge is 0.464 e. The molecule has 0 spiro atoms. The number of para-hydroxylation sites is 1. The Morgan fingerprint density at radius 1 is 1.35 bits per heavy atom. The van der Waals surface area contributed by atoms with E-state index in [1.54, 1.807) is 17.6 Å². The first-order valence-corrected chi connectivity index (χ1v) is 6.24. The minimum atomic E-state index is 0.541. The molecule has 0 saturated carbocycles. The number of fused-ring (bicyclic) bond motifs is 1. The molecular formula is C13H12N2OS. The number of hydrogen-bond donors (Lipinski definition) is 1. The Morgan fingerprint density at radius 2 is 2.18 bits per heavy atom. The summed E-state index contributed by atoms with van der Waals surface area (Å²) in [5.41, 5.74) is 8.63. The number of rotatable bonds is 2. The quantitative estimate of drug-likeness (QED) is 0.752. The van der Waals surface area contributed by atoms with Crippen molar-refractivity contribution in [2.75, 3.05) is 0 Å². The first-order chi connectivity index (χ1) is 8.29. The zero-order valence-electron chi connectivity index (χ0n) is 9.43.